The molecule has 174 valence electrons. The highest BCUT2D eigenvalue weighted by atomic mass is 16.5. The molecule has 0 saturated carbocycles. The molecular formula is C28H27NO5. The standard InChI is InChI=1S/C28H27NO5/c1-4-5-16-33-21-13-11-20(12-14-21)27(30)22(28-29-23-8-6-7-9-24(23)34-28)17-19-10-15-25(31-2)26(18-19)32-3/h6-15,17-18H,4-5,16H2,1-3H3/b22-17+. The van der Waals surface area contributed by atoms with E-state index >= 15 is 0 Å². The Morgan fingerprint density at radius 2 is 1.74 bits per heavy atom. The Bertz CT molecular complexity index is 1270. The summed E-state index contributed by atoms with van der Waals surface area (Å²) in [5.41, 5.74) is 2.90. The van der Waals surface area contributed by atoms with Crippen LogP contribution in [-0.2, 0) is 0 Å². The summed E-state index contributed by atoms with van der Waals surface area (Å²) in [5.74, 6) is 1.95. The van der Waals surface area contributed by atoms with E-state index in [1.54, 1.807) is 44.6 Å². The number of para-hydroxylation sites is 2. The van der Waals surface area contributed by atoms with E-state index in [2.05, 4.69) is 11.9 Å². The van der Waals surface area contributed by atoms with Crippen molar-refractivity contribution in [3.63, 3.8) is 0 Å². The van der Waals surface area contributed by atoms with Crippen LogP contribution < -0.4 is 14.2 Å². The molecule has 0 N–H and O–H groups in total. The second kappa shape index (κ2) is 10.7. The van der Waals surface area contributed by atoms with E-state index in [0.29, 0.717) is 40.3 Å². The fourth-order valence-electron chi connectivity index (χ4n) is 3.51. The lowest BCUT2D eigenvalue weighted by Gasteiger charge is -2.09. The highest BCUT2D eigenvalue weighted by Gasteiger charge is 2.21. The van der Waals surface area contributed by atoms with Gasteiger partial charge in [0.1, 0.15) is 11.3 Å². The van der Waals surface area contributed by atoms with Gasteiger partial charge in [-0.25, -0.2) is 4.98 Å². The number of hydrogen-bond acceptors (Lipinski definition) is 6. The summed E-state index contributed by atoms with van der Waals surface area (Å²) in [6.45, 7) is 2.76. The van der Waals surface area contributed by atoms with Crippen LogP contribution in [0.4, 0.5) is 0 Å². The van der Waals surface area contributed by atoms with Crippen molar-refractivity contribution < 1.29 is 23.4 Å². The van der Waals surface area contributed by atoms with Crippen LogP contribution >= 0.6 is 0 Å². The zero-order valence-electron chi connectivity index (χ0n) is 19.5. The molecule has 3 aromatic carbocycles. The van der Waals surface area contributed by atoms with E-state index in [4.69, 9.17) is 18.6 Å². The molecule has 0 aliphatic carbocycles. The molecule has 0 aliphatic heterocycles. The molecule has 0 fully saturated rings. The van der Waals surface area contributed by atoms with E-state index in [9.17, 15) is 4.79 Å². The Kier molecular flexibility index (Phi) is 7.28. The Hall–Kier alpha value is -4.06. The number of rotatable bonds is 10. The Labute approximate surface area is 198 Å². The number of carbonyl (C=O) groups is 1. The van der Waals surface area contributed by atoms with Crippen molar-refractivity contribution in [2.75, 3.05) is 20.8 Å². The van der Waals surface area contributed by atoms with Crippen molar-refractivity contribution in [2.24, 2.45) is 0 Å². The van der Waals surface area contributed by atoms with Gasteiger partial charge in [-0.3, -0.25) is 4.79 Å². The molecule has 0 spiro atoms. The number of ketones is 1. The van der Waals surface area contributed by atoms with Gasteiger partial charge in [0, 0.05) is 5.56 Å². The zero-order chi connectivity index (χ0) is 23.9. The maximum absolute atomic E-state index is 13.6. The first-order valence-corrected chi connectivity index (χ1v) is 11.2. The predicted octanol–water partition coefficient (Wildman–Crippen LogP) is 6.45. The monoisotopic (exact) mass is 457 g/mol. The average Bonchev–Trinajstić information content (AvgIpc) is 3.31. The summed E-state index contributed by atoms with van der Waals surface area (Å²) < 4.78 is 22.4. The molecule has 4 rings (SSSR count). The summed E-state index contributed by atoms with van der Waals surface area (Å²) in [6.07, 6.45) is 3.79. The molecule has 1 aromatic heterocycles. The lowest BCUT2D eigenvalue weighted by Crippen LogP contribution is -2.04. The van der Waals surface area contributed by atoms with Crippen molar-refractivity contribution in [2.45, 2.75) is 19.8 Å². The van der Waals surface area contributed by atoms with Gasteiger partial charge in [0.15, 0.2) is 22.9 Å². The fourth-order valence-corrected chi connectivity index (χ4v) is 3.51. The topological polar surface area (TPSA) is 70.8 Å². The van der Waals surface area contributed by atoms with Crippen molar-refractivity contribution in [1.29, 1.82) is 0 Å². The quantitative estimate of drug-likeness (QED) is 0.155. The normalized spacial score (nSPS) is 11.4. The SMILES string of the molecule is CCCCOc1ccc(C(=O)/C(=C\c2ccc(OC)c(OC)c2)c2nc3ccccc3o2)cc1. The summed E-state index contributed by atoms with van der Waals surface area (Å²) in [6, 6.07) is 20.0. The minimum atomic E-state index is -0.207. The zero-order valence-corrected chi connectivity index (χ0v) is 19.5. The molecule has 1 heterocycles. The molecule has 0 amide bonds. The number of Topliss-reactive ketones (excluding diaryl/α,β-unsaturated/α-hetero) is 1. The second-order valence-electron chi connectivity index (χ2n) is 7.71. The van der Waals surface area contributed by atoms with Gasteiger partial charge in [-0.1, -0.05) is 31.5 Å². The van der Waals surface area contributed by atoms with Crippen LogP contribution in [0.25, 0.3) is 22.7 Å². The molecule has 0 unspecified atom stereocenters. The molecule has 6 heteroatoms. The minimum absolute atomic E-state index is 0.207. The Morgan fingerprint density at radius 3 is 2.44 bits per heavy atom. The highest BCUT2D eigenvalue weighted by Crippen LogP contribution is 2.31. The Balaban J connectivity index is 1.73. The van der Waals surface area contributed by atoms with Crippen molar-refractivity contribution in [3.8, 4) is 17.2 Å². The molecule has 34 heavy (non-hydrogen) atoms. The summed E-state index contributed by atoms with van der Waals surface area (Å²) in [4.78, 5) is 18.2. The van der Waals surface area contributed by atoms with Gasteiger partial charge in [0.05, 0.1) is 26.4 Å². The van der Waals surface area contributed by atoms with Crippen LogP contribution in [0.2, 0.25) is 0 Å². The lowest BCUT2D eigenvalue weighted by molar-refractivity contribution is 0.105. The minimum Gasteiger partial charge on any atom is -0.494 e. The van der Waals surface area contributed by atoms with E-state index in [1.165, 1.54) is 0 Å². The Morgan fingerprint density at radius 1 is 0.971 bits per heavy atom. The number of allylic oxidation sites excluding steroid dienone is 1. The van der Waals surface area contributed by atoms with Crippen LogP contribution in [0.1, 0.15) is 41.6 Å². The summed E-state index contributed by atoms with van der Waals surface area (Å²) in [5, 5.41) is 0. The fraction of sp³-hybridized carbons (Fsp3) is 0.214. The second-order valence-corrected chi connectivity index (χ2v) is 7.71. The maximum atomic E-state index is 13.6. The smallest absolute Gasteiger partial charge is 0.231 e. The van der Waals surface area contributed by atoms with Crippen LogP contribution in [0.15, 0.2) is 71.1 Å². The third-order valence-electron chi connectivity index (χ3n) is 5.37. The molecule has 0 atom stereocenters. The highest BCUT2D eigenvalue weighted by molar-refractivity contribution is 6.31. The molecule has 6 nitrogen and oxygen atoms in total. The van der Waals surface area contributed by atoms with Crippen molar-refractivity contribution in [3.05, 3.63) is 83.7 Å². The van der Waals surface area contributed by atoms with E-state index < -0.39 is 0 Å². The average molecular weight is 458 g/mol. The molecule has 0 saturated heterocycles. The third-order valence-corrected chi connectivity index (χ3v) is 5.37. The first-order valence-electron chi connectivity index (χ1n) is 11.2. The number of aromatic nitrogens is 1. The van der Waals surface area contributed by atoms with Gasteiger partial charge in [-0.05, 0) is 66.6 Å². The molecule has 0 radical (unpaired) electrons. The van der Waals surface area contributed by atoms with E-state index in [-0.39, 0.29) is 11.7 Å². The van der Waals surface area contributed by atoms with Crippen molar-refractivity contribution in [1.82, 2.24) is 4.98 Å². The number of fused-ring (bicyclic) bond motifs is 1. The van der Waals surface area contributed by atoms with Crippen LogP contribution in [-0.4, -0.2) is 31.6 Å². The number of hydrogen-bond donors (Lipinski definition) is 0. The number of carbonyl (C=O) groups excluding carboxylic acids is 1. The number of nitrogens with zero attached hydrogens (tertiary/aromatic N) is 1. The first-order chi connectivity index (χ1) is 16.6. The first kappa shape index (κ1) is 23.1. The predicted molar refractivity (Wildman–Crippen MR) is 133 cm³/mol. The molecule has 0 aliphatic rings. The van der Waals surface area contributed by atoms with Gasteiger partial charge in [-0.15, -0.1) is 0 Å². The van der Waals surface area contributed by atoms with Crippen LogP contribution in [0.5, 0.6) is 17.2 Å². The number of benzene rings is 3. The largest absolute Gasteiger partial charge is 0.494 e. The van der Waals surface area contributed by atoms with Crippen LogP contribution in [0, 0.1) is 0 Å². The summed E-state index contributed by atoms with van der Waals surface area (Å²) in [7, 11) is 3.15. The van der Waals surface area contributed by atoms with Gasteiger partial charge in [-0.2, -0.15) is 0 Å². The lowest BCUT2D eigenvalue weighted by atomic mass is 10.0. The number of ether oxygens (including phenoxy) is 3. The van der Waals surface area contributed by atoms with E-state index in [0.717, 1.165) is 24.2 Å². The third kappa shape index (κ3) is 5.12. The van der Waals surface area contributed by atoms with Gasteiger partial charge < -0.3 is 18.6 Å². The van der Waals surface area contributed by atoms with Crippen LogP contribution in [0.3, 0.4) is 0 Å². The molecule has 4 aromatic rings. The van der Waals surface area contributed by atoms with Gasteiger partial charge in [0.25, 0.3) is 0 Å². The number of unbranched alkanes of at least 4 members (excludes halogenated alkanes) is 1. The molecular weight excluding hydrogens is 430 g/mol. The maximum Gasteiger partial charge on any atom is 0.231 e. The van der Waals surface area contributed by atoms with E-state index in [1.807, 2.05) is 42.5 Å². The number of oxazole rings is 1. The number of methoxy groups -OCH3 is 2. The van der Waals surface area contributed by atoms with Gasteiger partial charge >= 0.3 is 0 Å². The van der Waals surface area contributed by atoms with Gasteiger partial charge in [0.2, 0.25) is 5.89 Å². The summed E-state index contributed by atoms with van der Waals surface area (Å²) >= 11 is 0. The molecule has 0 bridgehead atoms. The van der Waals surface area contributed by atoms with Crippen molar-refractivity contribution >= 4 is 28.5 Å².